The minimum absolute atomic E-state index is 0.00471. The Kier molecular flexibility index (Phi) is 2.54. The average molecular weight is 203 g/mol. The van der Waals surface area contributed by atoms with E-state index in [4.69, 9.17) is 0 Å². The van der Waals surface area contributed by atoms with Gasteiger partial charge < -0.3 is 5.32 Å². The van der Waals surface area contributed by atoms with Crippen molar-refractivity contribution in [1.82, 2.24) is 0 Å². The molecule has 1 amide bonds. The smallest absolute Gasteiger partial charge is 0.228 e. The Morgan fingerprint density at radius 2 is 2.27 bits per heavy atom. The number of carbonyl (C=O) groups is 2. The molecule has 78 valence electrons. The van der Waals surface area contributed by atoms with E-state index in [9.17, 15) is 9.59 Å². The Balaban J connectivity index is 2.27. The van der Waals surface area contributed by atoms with Gasteiger partial charge in [0, 0.05) is 17.7 Å². The first-order valence-corrected chi connectivity index (χ1v) is 5.16. The fourth-order valence-electron chi connectivity index (χ4n) is 1.76. The molecule has 0 fully saturated rings. The van der Waals surface area contributed by atoms with Crippen molar-refractivity contribution in [3.8, 4) is 0 Å². The summed E-state index contributed by atoms with van der Waals surface area (Å²) in [6, 6.07) is 5.44. The second kappa shape index (κ2) is 3.85. The first kappa shape index (κ1) is 9.90. The molecule has 0 aliphatic carbocycles. The van der Waals surface area contributed by atoms with Gasteiger partial charge in [0.1, 0.15) is 0 Å². The highest BCUT2D eigenvalue weighted by Crippen LogP contribution is 2.24. The molecule has 0 bridgehead atoms. The topological polar surface area (TPSA) is 46.2 Å². The zero-order chi connectivity index (χ0) is 10.8. The summed E-state index contributed by atoms with van der Waals surface area (Å²) in [6.07, 6.45) is 1.84. The molecule has 3 heteroatoms. The fraction of sp³-hybridized carbons (Fsp3) is 0.333. The number of hydrogen-bond acceptors (Lipinski definition) is 2. The largest absolute Gasteiger partial charge is 0.326 e. The summed E-state index contributed by atoms with van der Waals surface area (Å²) >= 11 is 0. The molecule has 0 saturated carbocycles. The van der Waals surface area contributed by atoms with E-state index < -0.39 is 0 Å². The van der Waals surface area contributed by atoms with Crippen LogP contribution in [0.2, 0.25) is 0 Å². The number of nitrogens with one attached hydrogen (secondary N) is 1. The lowest BCUT2D eigenvalue weighted by atomic mass is 10.0. The number of anilines is 1. The van der Waals surface area contributed by atoms with Gasteiger partial charge in [0.15, 0.2) is 5.78 Å². The highest BCUT2D eigenvalue weighted by Gasteiger charge is 2.18. The number of ketones is 1. The Morgan fingerprint density at radius 1 is 1.47 bits per heavy atom. The maximum atomic E-state index is 11.6. The Labute approximate surface area is 88.5 Å². The standard InChI is InChI=1S/C12H13NO2/c1-2-3-11(14)9-5-4-8-7-12(15)13-10(8)6-9/h4-6H,2-3,7H2,1H3,(H,13,15). The molecule has 0 radical (unpaired) electrons. The third-order valence-corrected chi connectivity index (χ3v) is 2.53. The summed E-state index contributed by atoms with van der Waals surface area (Å²) in [5, 5.41) is 2.74. The maximum absolute atomic E-state index is 11.6. The van der Waals surface area contributed by atoms with E-state index in [0.29, 0.717) is 18.4 Å². The molecule has 0 unspecified atom stereocenters. The van der Waals surface area contributed by atoms with Crippen LogP contribution in [0.25, 0.3) is 0 Å². The lowest BCUT2D eigenvalue weighted by Gasteiger charge is -2.02. The van der Waals surface area contributed by atoms with E-state index in [2.05, 4.69) is 5.32 Å². The van der Waals surface area contributed by atoms with Crippen LogP contribution in [0.1, 0.15) is 35.7 Å². The summed E-state index contributed by atoms with van der Waals surface area (Å²) < 4.78 is 0. The molecule has 0 aromatic heterocycles. The molecule has 15 heavy (non-hydrogen) atoms. The molecule has 0 saturated heterocycles. The summed E-state index contributed by atoms with van der Waals surface area (Å²) in [4.78, 5) is 22.7. The molecule has 1 heterocycles. The number of carbonyl (C=O) groups excluding carboxylic acids is 2. The summed E-state index contributed by atoms with van der Waals surface area (Å²) in [5.74, 6) is 0.145. The summed E-state index contributed by atoms with van der Waals surface area (Å²) in [6.45, 7) is 1.98. The molecule has 3 nitrogen and oxygen atoms in total. The second-order valence-electron chi connectivity index (χ2n) is 3.77. The van der Waals surface area contributed by atoms with E-state index in [1.165, 1.54) is 0 Å². The zero-order valence-corrected chi connectivity index (χ0v) is 8.67. The SMILES string of the molecule is CCCC(=O)c1ccc2c(c1)NC(=O)C2. The minimum Gasteiger partial charge on any atom is -0.326 e. The van der Waals surface area contributed by atoms with Gasteiger partial charge in [0.2, 0.25) is 5.91 Å². The molecule has 1 aliphatic rings. The van der Waals surface area contributed by atoms with Gasteiger partial charge >= 0.3 is 0 Å². The van der Waals surface area contributed by atoms with E-state index in [1.54, 1.807) is 12.1 Å². The fourth-order valence-corrected chi connectivity index (χ4v) is 1.76. The number of Topliss-reactive ketones (excluding diaryl/α,β-unsaturated/α-hetero) is 1. The predicted molar refractivity (Wildman–Crippen MR) is 58.0 cm³/mol. The van der Waals surface area contributed by atoms with Gasteiger partial charge in [0.05, 0.1) is 6.42 Å². The van der Waals surface area contributed by atoms with Crippen LogP contribution in [0.3, 0.4) is 0 Å². The number of hydrogen-bond donors (Lipinski definition) is 1. The van der Waals surface area contributed by atoms with E-state index in [0.717, 1.165) is 17.7 Å². The monoisotopic (exact) mass is 203 g/mol. The van der Waals surface area contributed by atoms with Crippen molar-refractivity contribution in [1.29, 1.82) is 0 Å². The van der Waals surface area contributed by atoms with Crippen molar-refractivity contribution in [2.24, 2.45) is 0 Å². The Morgan fingerprint density at radius 3 is 3.00 bits per heavy atom. The van der Waals surface area contributed by atoms with Crippen LogP contribution < -0.4 is 5.32 Å². The third kappa shape index (κ3) is 1.91. The van der Waals surface area contributed by atoms with Crippen molar-refractivity contribution in [2.45, 2.75) is 26.2 Å². The van der Waals surface area contributed by atoms with Crippen LogP contribution in [0.4, 0.5) is 5.69 Å². The normalized spacial score (nSPS) is 13.5. The molecular formula is C12H13NO2. The van der Waals surface area contributed by atoms with Crippen molar-refractivity contribution in [3.05, 3.63) is 29.3 Å². The number of rotatable bonds is 3. The van der Waals surface area contributed by atoms with Gasteiger partial charge in [-0.1, -0.05) is 19.1 Å². The summed E-state index contributed by atoms with van der Waals surface area (Å²) in [7, 11) is 0. The van der Waals surface area contributed by atoms with E-state index in [-0.39, 0.29) is 11.7 Å². The molecule has 1 aromatic carbocycles. The molecule has 1 N–H and O–H groups in total. The minimum atomic E-state index is 0.00471. The van der Waals surface area contributed by atoms with Crippen molar-refractivity contribution < 1.29 is 9.59 Å². The number of benzene rings is 1. The zero-order valence-electron chi connectivity index (χ0n) is 8.67. The molecule has 2 rings (SSSR count). The highest BCUT2D eigenvalue weighted by atomic mass is 16.1. The number of fused-ring (bicyclic) bond motifs is 1. The highest BCUT2D eigenvalue weighted by molar-refractivity contribution is 6.02. The third-order valence-electron chi connectivity index (χ3n) is 2.53. The average Bonchev–Trinajstić information content (AvgIpc) is 2.57. The van der Waals surface area contributed by atoms with Crippen LogP contribution in [0, 0.1) is 0 Å². The second-order valence-corrected chi connectivity index (χ2v) is 3.77. The van der Waals surface area contributed by atoms with Crippen LogP contribution >= 0.6 is 0 Å². The predicted octanol–water partition coefficient (Wildman–Crippen LogP) is 2.16. The van der Waals surface area contributed by atoms with Gasteiger partial charge in [0.25, 0.3) is 0 Å². The van der Waals surface area contributed by atoms with Gasteiger partial charge in [-0.3, -0.25) is 9.59 Å². The van der Waals surface area contributed by atoms with E-state index in [1.807, 2.05) is 13.0 Å². The van der Waals surface area contributed by atoms with Crippen LogP contribution in [0.5, 0.6) is 0 Å². The van der Waals surface area contributed by atoms with Gasteiger partial charge in [-0.25, -0.2) is 0 Å². The molecule has 0 atom stereocenters. The first-order valence-electron chi connectivity index (χ1n) is 5.16. The van der Waals surface area contributed by atoms with Crippen molar-refractivity contribution in [3.63, 3.8) is 0 Å². The van der Waals surface area contributed by atoms with Crippen LogP contribution in [0.15, 0.2) is 18.2 Å². The number of amides is 1. The van der Waals surface area contributed by atoms with Crippen LogP contribution in [-0.2, 0) is 11.2 Å². The summed E-state index contributed by atoms with van der Waals surface area (Å²) in [5.41, 5.74) is 2.47. The lowest BCUT2D eigenvalue weighted by molar-refractivity contribution is -0.115. The van der Waals surface area contributed by atoms with Gasteiger partial charge in [-0.2, -0.15) is 0 Å². The lowest BCUT2D eigenvalue weighted by Crippen LogP contribution is -2.04. The Bertz CT molecular complexity index is 424. The van der Waals surface area contributed by atoms with Gasteiger partial charge in [-0.15, -0.1) is 0 Å². The Hall–Kier alpha value is -1.64. The molecule has 1 aromatic rings. The van der Waals surface area contributed by atoms with Gasteiger partial charge in [-0.05, 0) is 18.1 Å². The maximum Gasteiger partial charge on any atom is 0.228 e. The molecule has 0 spiro atoms. The van der Waals surface area contributed by atoms with E-state index >= 15 is 0 Å². The van der Waals surface area contributed by atoms with Crippen molar-refractivity contribution >= 4 is 17.4 Å². The molecular weight excluding hydrogens is 190 g/mol. The quantitative estimate of drug-likeness (QED) is 0.765. The van der Waals surface area contributed by atoms with Crippen LogP contribution in [-0.4, -0.2) is 11.7 Å². The molecule has 1 aliphatic heterocycles. The first-order chi connectivity index (χ1) is 7.20. The van der Waals surface area contributed by atoms with Crippen molar-refractivity contribution in [2.75, 3.05) is 5.32 Å².